The normalized spacial score (nSPS) is 10.6. The quantitative estimate of drug-likeness (QED) is 0.741. The molecule has 0 aromatic heterocycles. The van der Waals surface area contributed by atoms with Crippen molar-refractivity contribution in [3.63, 3.8) is 0 Å². The standard InChI is InChI=1S/C19H19NO/c1-14-3-6-17-12-18(8-7-16(17)11-14)20-13-15-4-9-19(21-2)10-5-15/h3-12,20H,13H2,1-2H3. The molecular formula is C19H19NO. The van der Waals surface area contributed by atoms with Crippen LogP contribution in [0, 0.1) is 6.92 Å². The zero-order valence-electron chi connectivity index (χ0n) is 12.4. The number of nitrogens with one attached hydrogen (secondary N) is 1. The molecule has 0 saturated heterocycles. The number of fused-ring (bicyclic) bond motifs is 1. The van der Waals surface area contributed by atoms with E-state index in [2.05, 4.69) is 60.8 Å². The molecule has 0 heterocycles. The van der Waals surface area contributed by atoms with Gasteiger partial charge in [0.25, 0.3) is 0 Å². The van der Waals surface area contributed by atoms with Crippen molar-refractivity contribution in [2.24, 2.45) is 0 Å². The van der Waals surface area contributed by atoms with Gasteiger partial charge in [0.1, 0.15) is 5.75 Å². The molecule has 1 N–H and O–H groups in total. The molecule has 21 heavy (non-hydrogen) atoms. The molecule has 0 aliphatic heterocycles. The maximum absolute atomic E-state index is 5.17. The van der Waals surface area contributed by atoms with Gasteiger partial charge in [-0.05, 0) is 47.5 Å². The number of rotatable bonds is 4. The van der Waals surface area contributed by atoms with E-state index in [0.717, 1.165) is 18.0 Å². The fourth-order valence-corrected chi connectivity index (χ4v) is 2.42. The summed E-state index contributed by atoms with van der Waals surface area (Å²) in [6.07, 6.45) is 0. The number of hydrogen-bond donors (Lipinski definition) is 1. The molecule has 3 aromatic carbocycles. The van der Waals surface area contributed by atoms with Crippen molar-refractivity contribution in [2.45, 2.75) is 13.5 Å². The van der Waals surface area contributed by atoms with Gasteiger partial charge in [0.05, 0.1) is 7.11 Å². The number of ether oxygens (including phenoxy) is 1. The third-order valence-corrected chi connectivity index (χ3v) is 3.65. The van der Waals surface area contributed by atoms with E-state index in [1.54, 1.807) is 7.11 Å². The SMILES string of the molecule is COc1ccc(CNc2ccc3cc(C)ccc3c2)cc1. The summed E-state index contributed by atoms with van der Waals surface area (Å²) in [6, 6.07) is 21.1. The summed E-state index contributed by atoms with van der Waals surface area (Å²) in [5.74, 6) is 0.889. The predicted octanol–water partition coefficient (Wildman–Crippen LogP) is 4.77. The first kappa shape index (κ1) is 13.5. The molecule has 0 fully saturated rings. The second-order valence-electron chi connectivity index (χ2n) is 5.27. The molecule has 0 bridgehead atoms. The Hall–Kier alpha value is -2.48. The van der Waals surface area contributed by atoms with Gasteiger partial charge in [-0.1, -0.05) is 42.0 Å². The maximum atomic E-state index is 5.17. The molecule has 0 radical (unpaired) electrons. The van der Waals surface area contributed by atoms with Crippen molar-refractivity contribution in [3.8, 4) is 5.75 Å². The van der Waals surface area contributed by atoms with E-state index in [1.165, 1.54) is 21.9 Å². The molecule has 0 aliphatic carbocycles. The maximum Gasteiger partial charge on any atom is 0.118 e. The Morgan fingerprint density at radius 1 is 0.857 bits per heavy atom. The molecule has 0 saturated carbocycles. The zero-order chi connectivity index (χ0) is 14.7. The molecule has 2 heteroatoms. The number of methoxy groups -OCH3 is 1. The highest BCUT2D eigenvalue weighted by atomic mass is 16.5. The molecule has 0 amide bonds. The van der Waals surface area contributed by atoms with Crippen LogP contribution in [0.1, 0.15) is 11.1 Å². The molecule has 0 unspecified atom stereocenters. The third-order valence-electron chi connectivity index (χ3n) is 3.65. The van der Waals surface area contributed by atoms with Crippen LogP contribution in [0.5, 0.6) is 5.75 Å². The van der Waals surface area contributed by atoms with Crippen molar-refractivity contribution < 1.29 is 4.74 Å². The van der Waals surface area contributed by atoms with Crippen molar-refractivity contribution in [3.05, 3.63) is 71.8 Å². The second kappa shape index (κ2) is 5.88. The van der Waals surface area contributed by atoms with E-state index >= 15 is 0 Å². The number of benzene rings is 3. The Labute approximate surface area is 125 Å². The molecule has 2 nitrogen and oxygen atoms in total. The Bertz CT molecular complexity index is 747. The van der Waals surface area contributed by atoms with Gasteiger partial charge in [-0.15, -0.1) is 0 Å². The Morgan fingerprint density at radius 2 is 1.57 bits per heavy atom. The van der Waals surface area contributed by atoms with E-state index in [0.29, 0.717) is 0 Å². The van der Waals surface area contributed by atoms with Crippen molar-refractivity contribution in [1.82, 2.24) is 0 Å². The van der Waals surface area contributed by atoms with E-state index < -0.39 is 0 Å². The summed E-state index contributed by atoms with van der Waals surface area (Å²) in [5, 5.41) is 6.01. The number of hydrogen-bond acceptors (Lipinski definition) is 2. The van der Waals surface area contributed by atoms with Gasteiger partial charge in [-0.3, -0.25) is 0 Å². The lowest BCUT2D eigenvalue weighted by Crippen LogP contribution is -1.99. The fourth-order valence-electron chi connectivity index (χ4n) is 2.42. The Balaban J connectivity index is 1.73. The van der Waals surface area contributed by atoms with Crippen LogP contribution in [-0.2, 0) is 6.54 Å². The minimum absolute atomic E-state index is 0.807. The lowest BCUT2D eigenvalue weighted by Gasteiger charge is -2.09. The summed E-state index contributed by atoms with van der Waals surface area (Å²) in [7, 11) is 1.68. The van der Waals surface area contributed by atoms with Gasteiger partial charge in [0, 0.05) is 12.2 Å². The van der Waals surface area contributed by atoms with Crippen molar-refractivity contribution in [2.75, 3.05) is 12.4 Å². The van der Waals surface area contributed by atoms with E-state index in [4.69, 9.17) is 4.74 Å². The van der Waals surface area contributed by atoms with Gasteiger partial charge in [-0.25, -0.2) is 0 Å². The fraction of sp³-hybridized carbons (Fsp3) is 0.158. The highest BCUT2D eigenvalue weighted by Crippen LogP contribution is 2.21. The van der Waals surface area contributed by atoms with Crippen LogP contribution in [0.25, 0.3) is 10.8 Å². The minimum Gasteiger partial charge on any atom is -0.497 e. The average Bonchev–Trinajstić information content (AvgIpc) is 2.53. The first-order valence-electron chi connectivity index (χ1n) is 7.12. The lowest BCUT2D eigenvalue weighted by molar-refractivity contribution is 0.414. The van der Waals surface area contributed by atoms with Gasteiger partial charge in [0.2, 0.25) is 0 Å². The van der Waals surface area contributed by atoms with Gasteiger partial charge >= 0.3 is 0 Å². The van der Waals surface area contributed by atoms with E-state index in [1.807, 2.05) is 12.1 Å². The summed E-state index contributed by atoms with van der Waals surface area (Å²) in [4.78, 5) is 0. The minimum atomic E-state index is 0.807. The van der Waals surface area contributed by atoms with Gasteiger partial charge in [0.15, 0.2) is 0 Å². The van der Waals surface area contributed by atoms with Gasteiger partial charge in [-0.2, -0.15) is 0 Å². The molecule has 0 atom stereocenters. The van der Waals surface area contributed by atoms with E-state index in [-0.39, 0.29) is 0 Å². The number of aryl methyl sites for hydroxylation is 1. The molecule has 0 spiro atoms. The monoisotopic (exact) mass is 277 g/mol. The predicted molar refractivity (Wildman–Crippen MR) is 89.0 cm³/mol. The zero-order valence-corrected chi connectivity index (χ0v) is 12.4. The third kappa shape index (κ3) is 3.16. The van der Waals surface area contributed by atoms with E-state index in [9.17, 15) is 0 Å². The molecule has 106 valence electrons. The molecule has 3 aromatic rings. The van der Waals surface area contributed by atoms with Crippen LogP contribution >= 0.6 is 0 Å². The Morgan fingerprint density at radius 3 is 2.33 bits per heavy atom. The lowest BCUT2D eigenvalue weighted by atomic mass is 10.1. The topological polar surface area (TPSA) is 21.3 Å². The first-order chi connectivity index (χ1) is 10.2. The summed E-state index contributed by atoms with van der Waals surface area (Å²) >= 11 is 0. The molecule has 0 aliphatic rings. The Kier molecular flexibility index (Phi) is 3.78. The van der Waals surface area contributed by atoms with Crippen molar-refractivity contribution in [1.29, 1.82) is 0 Å². The molecule has 3 rings (SSSR count). The summed E-state index contributed by atoms with van der Waals surface area (Å²) in [5.41, 5.74) is 3.67. The van der Waals surface area contributed by atoms with Crippen LogP contribution < -0.4 is 10.1 Å². The van der Waals surface area contributed by atoms with Crippen LogP contribution in [0.3, 0.4) is 0 Å². The van der Waals surface area contributed by atoms with Crippen LogP contribution in [-0.4, -0.2) is 7.11 Å². The summed E-state index contributed by atoms with van der Waals surface area (Å²) < 4.78 is 5.17. The largest absolute Gasteiger partial charge is 0.497 e. The number of anilines is 1. The van der Waals surface area contributed by atoms with Crippen LogP contribution in [0.4, 0.5) is 5.69 Å². The van der Waals surface area contributed by atoms with Gasteiger partial charge < -0.3 is 10.1 Å². The highest BCUT2D eigenvalue weighted by molar-refractivity contribution is 5.86. The van der Waals surface area contributed by atoms with Crippen molar-refractivity contribution >= 4 is 16.5 Å². The van der Waals surface area contributed by atoms with Crippen LogP contribution in [0.15, 0.2) is 60.7 Å². The smallest absolute Gasteiger partial charge is 0.118 e. The second-order valence-corrected chi connectivity index (χ2v) is 5.27. The van der Waals surface area contributed by atoms with Crippen LogP contribution in [0.2, 0.25) is 0 Å². The molecular weight excluding hydrogens is 258 g/mol. The highest BCUT2D eigenvalue weighted by Gasteiger charge is 1.98. The summed E-state index contributed by atoms with van der Waals surface area (Å²) in [6.45, 7) is 2.93. The average molecular weight is 277 g/mol. The first-order valence-corrected chi connectivity index (χ1v) is 7.12.